The van der Waals surface area contributed by atoms with Crippen LogP contribution in [0, 0.1) is 5.92 Å². The van der Waals surface area contributed by atoms with Crippen molar-refractivity contribution >= 4 is 23.6 Å². The van der Waals surface area contributed by atoms with Crippen LogP contribution in [0.1, 0.15) is 52.0 Å². The normalized spacial score (nSPS) is 15.3. The summed E-state index contributed by atoms with van der Waals surface area (Å²) in [5.74, 6) is 0.323. The lowest BCUT2D eigenvalue weighted by atomic mass is 9.76. The highest BCUT2D eigenvalue weighted by molar-refractivity contribution is 5.95. The minimum absolute atomic E-state index is 0.167. The summed E-state index contributed by atoms with van der Waals surface area (Å²) < 4.78 is 10.4. The van der Waals surface area contributed by atoms with Crippen LogP contribution in [-0.4, -0.2) is 43.1 Å². The zero-order chi connectivity index (χ0) is 31.6. The summed E-state index contributed by atoms with van der Waals surface area (Å²) >= 11 is 0. The van der Waals surface area contributed by atoms with Crippen LogP contribution in [0.3, 0.4) is 0 Å². The fraction of sp³-hybridized carbons (Fsp3) is 0.270. The number of urea groups is 1. The minimum Gasteiger partial charge on any atom is -0.497 e. The Kier molecular flexibility index (Phi) is 10.5. The van der Waals surface area contributed by atoms with Crippen LogP contribution in [0.25, 0.3) is 0 Å². The lowest BCUT2D eigenvalue weighted by Crippen LogP contribution is -2.46. The van der Waals surface area contributed by atoms with Crippen molar-refractivity contribution in [1.82, 2.24) is 10.2 Å². The summed E-state index contributed by atoms with van der Waals surface area (Å²) in [6, 6.07) is 32.2. The maximum Gasteiger partial charge on any atom is 0.338 e. The van der Waals surface area contributed by atoms with Crippen LogP contribution in [0.5, 0.6) is 5.75 Å². The SMILES string of the molecule is CCOC(=O)c1cccc(NC(=O)NCC(=O)N(Cc2ccccc2)C2c3ccccc3CCC2Cc2ccc(OC)cc2)c1. The third-order valence-electron chi connectivity index (χ3n) is 8.15. The molecule has 0 aromatic heterocycles. The second-order valence-electron chi connectivity index (χ2n) is 11.1. The molecule has 0 aliphatic heterocycles. The number of ether oxygens (including phenoxy) is 2. The highest BCUT2D eigenvalue weighted by atomic mass is 16.5. The maximum absolute atomic E-state index is 14.1. The van der Waals surface area contributed by atoms with Gasteiger partial charge in [-0.25, -0.2) is 9.59 Å². The fourth-order valence-electron chi connectivity index (χ4n) is 6.00. The predicted octanol–water partition coefficient (Wildman–Crippen LogP) is 6.57. The molecule has 4 aromatic rings. The number of fused-ring (bicyclic) bond motifs is 1. The molecule has 2 atom stereocenters. The van der Waals surface area contributed by atoms with Crippen molar-refractivity contribution in [3.63, 3.8) is 0 Å². The zero-order valence-electron chi connectivity index (χ0n) is 25.7. The molecular formula is C37H39N3O5. The van der Waals surface area contributed by atoms with Crippen molar-refractivity contribution in [1.29, 1.82) is 0 Å². The smallest absolute Gasteiger partial charge is 0.338 e. The Bertz CT molecular complexity index is 1610. The molecule has 0 saturated carbocycles. The van der Waals surface area contributed by atoms with Crippen molar-refractivity contribution in [2.75, 3.05) is 25.6 Å². The van der Waals surface area contributed by atoms with Gasteiger partial charge in [-0.05, 0) is 84.7 Å². The number of nitrogens with zero attached hydrogens (tertiary/aromatic N) is 1. The van der Waals surface area contributed by atoms with Gasteiger partial charge in [0.1, 0.15) is 5.75 Å². The quantitative estimate of drug-likeness (QED) is 0.189. The van der Waals surface area contributed by atoms with Gasteiger partial charge in [-0.2, -0.15) is 0 Å². The van der Waals surface area contributed by atoms with Gasteiger partial charge in [-0.15, -0.1) is 0 Å². The molecule has 8 nitrogen and oxygen atoms in total. The summed E-state index contributed by atoms with van der Waals surface area (Å²) in [4.78, 5) is 41.1. The number of carbonyl (C=O) groups is 3. The largest absolute Gasteiger partial charge is 0.497 e. The van der Waals surface area contributed by atoms with Crippen LogP contribution in [0.15, 0.2) is 103 Å². The number of hydrogen-bond acceptors (Lipinski definition) is 5. The average Bonchev–Trinajstić information content (AvgIpc) is 3.07. The van der Waals surface area contributed by atoms with E-state index in [2.05, 4.69) is 34.9 Å². The first-order valence-corrected chi connectivity index (χ1v) is 15.3. The number of rotatable bonds is 11. The summed E-state index contributed by atoms with van der Waals surface area (Å²) in [5, 5.41) is 5.47. The number of nitrogens with one attached hydrogen (secondary N) is 2. The van der Waals surface area contributed by atoms with Crippen LogP contribution in [0.2, 0.25) is 0 Å². The molecule has 232 valence electrons. The van der Waals surface area contributed by atoms with Crippen molar-refractivity contribution < 1.29 is 23.9 Å². The Balaban J connectivity index is 1.38. The first-order chi connectivity index (χ1) is 21.9. The summed E-state index contributed by atoms with van der Waals surface area (Å²) in [5.41, 5.74) is 5.33. The van der Waals surface area contributed by atoms with E-state index in [0.717, 1.165) is 36.1 Å². The molecule has 0 spiro atoms. The number of amides is 3. The van der Waals surface area contributed by atoms with Crippen LogP contribution in [0.4, 0.5) is 10.5 Å². The zero-order valence-corrected chi connectivity index (χ0v) is 25.7. The lowest BCUT2D eigenvalue weighted by Gasteiger charge is -2.42. The Hall–Kier alpha value is -5.11. The van der Waals surface area contributed by atoms with Gasteiger partial charge in [0.25, 0.3) is 0 Å². The third kappa shape index (κ3) is 8.09. The predicted molar refractivity (Wildman–Crippen MR) is 174 cm³/mol. The Morgan fingerprint density at radius 1 is 0.867 bits per heavy atom. The Morgan fingerprint density at radius 3 is 2.38 bits per heavy atom. The van der Waals surface area contributed by atoms with Crippen molar-refractivity contribution in [2.45, 2.75) is 38.8 Å². The number of anilines is 1. The Morgan fingerprint density at radius 2 is 1.62 bits per heavy atom. The number of aryl methyl sites for hydroxylation is 1. The van der Waals surface area contributed by atoms with Gasteiger partial charge < -0.3 is 25.0 Å². The number of esters is 1. The molecule has 0 saturated heterocycles. The molecule has 4 aromatic carbocycles. The third-order valence-corrected chi connectivity index (χ3v) is 8.15. The fourth-order valence-corrected chi connectivity index (χ4v) is 6.00. The van der Waals surface area contributed by atoms with Crippen molar-refractivity contribution in [3.05, 3.63) is 131 Å². The molecule has 3 amide bonds. The summed E-state index contributed by atoms with van der Waals surface area (Å²) in [6.07, 6.45) is 2.66. The van der Waals surface area contributed by atoms with E-state index in [-0.39, 0.29) is 31.0 Å². The Labute approximate surface area is 264 Å². The number of hydrogen-bond donors (Lipinski definition) is 2. The van der Waals surface area contributed by atoms with Crippen LogP contribution >= 0.6 is 0 Å². The second-order valence-corrected chi connectivity index (χ2v) is 11.1. The monoisotopic (exact) mass is 605 g/mol. The molecule has 1 aliphatic carbocycles. The summed E-state index contributed by atoms with van der Waals surface area (Å²) in [7, 11) is 1.66. The topological polar surface area (TPSA) is 97.0 Å². The number of benzene rings is 4. The van der Waals surface area contributed by atoms with Gasteiger partial charge in [-0.3, -0.25) is 4.79 Å². The molecular weight excluding hydrogens is 566 g/mol. The minimum atomic E-state index is -0.539. The van der Waals surface area contributed by atoms with Gasteiger partial charge in [0, 0.05) is 12.2 Å². The average molecular weight is 606 g/mol. The van der Waals surface area contributed by atoms with E-state index in [0.29, 0.717) is 17.8 Å². The molecule has 0 heterocycles. The first-order valence-electron chi connectivity index (χ1n) is 15.3. The van der Waals surface area contributed by atoms with E-state index in [1.165, 1.54) is 11.1 Å². The molecule has 2 N–H and O–H groups in total. The van der Waals surface area contributed by atoms with E-state index in [9.17, 15) is 14.4 Å². The van der Waals surface area contributed by atoms with Gasteiger partial charge >= 0.3 is 12.0 Å². The van der Waals surface area contributed by atoms with Crippen LogP contribution < -0.4 is 15.4 Å². The van der Waals surface area contributed by atoms with Crippen LogP contribution in [-0.2, 0) is 28.9 Å². The van der Waals surface area contributed by atoms with E-state index in [4.69, 9.17) is 9.47 Å². The maximum atomic E-state index is 14.1. The van der Waals surface area contributed by atoms with E-state index in [1.807, 2.05) is 59.5 Å². The second kappa shape index (κ2) is 15.1. The highest BCUT2D eigenvalue weighted by Gasteiger charge is 2.36. The molecule has 2 unspecified atom stereocenters. The first kappa shape index (κ1) is 31.3. The molecule has 5 rings (SSSR count). The molecule has 8 heteroatoms. The number of methoxy groups -OCH3 is 1. The summed E-state index contributed by atoms with van der Waals surface area (Å²) in [6.45, 7) is 2.20. The van der Waals surface area contributed by atoms with Gasteiger partial charge in [0.2, 0.25) is 5.91 Å². The van der Waals surface area contributed by atoms with Gasteiger partial charge in [0.15, 0.2) is 0 Å². The van der Waals surface area contributed by atoms with E-state index < -0.39 is 12.0 Å². The van der Waals surface area contributed by atoms with Crippen molar-refractivity contribution in [3.8, 4) is 5.75 Å². The van der Waals surface area contributed by atoms with E-state index >= 15 is 0 Å². The number of carbonyl (C=O) groups excluding carboxylic acids is 3. The molecule has 45 heavy (non-hydrogen) atoms. The van der Waals surface area contributed by atoms with E-state index in [1.54, 1.807) is 38.3 Å². The molecule has 0 fully saturated rings. The highest BCUT2D eigenvalue weighted by Crippen LogP contribution is 2.41. The standard InChI is InChI=1S/C37H39N3O5/c1-3-45-36(42)30-13-9-14-31(23-30)39-37(43)38-24-34(41)40(25-27-10-5-4-6-11-27)35-29(19-18-28-12-7-8-15-33(28)35)22-26-16-20-32(44-2)21-17-26/h4-17,20-21,23,29,35H,3,18-19,22,24-25H2,1-2H3,(H2,38,39,43). The lowest BCUT2D eigenvalue weighted by molar-refractivity contribution is -0.135. The van der Waals surface area contributed by atoms with Gasteiger partial charge in [-0.1, -0.05) is 72.8 Å². The molecule has 1 aliphatic rings. The molecule has 0 bridgehead atoms. The van der Waals surface area contributed by atoms with Gasteiger partial charge in [0.05, 0.1) is 31.9 Å². The van der Waals surface area contributed by atoms with Crippen molar-refractivity contribution in [2.24, 2.45) is 5.92 Å². The molecule has 0 radical (unpaired) electrons.